The molecule has 7 heteroatoms. The van der Waals surface area contributed by atoms with E-state index in [9.17, 15) is 4.79 Å². The molecule has 2 heterocycles. The monoisotopic (exact) mass is 278 g/mol. The highest BCUT2D eigenvalue weighted by atomic mass is 32.1. The van der Waals surface area contributed by atoms with Crippen molar-refractivity contribution in [2.75, 3.05) is 5.32 Å². The van der Waals surface area contributed by atoms with Gasteiger partial charge >= 0.3 is 5.97 Å². The topological polar surface area (TPSA) is 88.0 Å². The van der Waals surface area contributed by atoms with Gasteiger partial charge in [0, 0.05) is 17.8 Å². The van der Waals surface area contributed by atoms with E-state index in [-0.39, 0.29) is 11.6 Å². The minimum atomic E-state index is -1.04. The Morgan fingerprint density at radius 2 is 2.16 bits per heavy atom. The summed E-state index contributed by atoms with van der Waals surface area (Å²) in [6.07, 6.45) is 3.48. The van der Waals surface area contributed by atoms with Crippen molar-refractivity contribution in [3.05, 3.63) is 34.0 Å². The van der Waals surface area contributed by atoms with Crippen LogP contribution in [0, 0.1) is 0 Å². The number of nitrogens with zero attached hydrogens (tertiary/aromatic N) is 3. The van der Waals surface area contributed by atoms with Crippen molar-refractivity contribution < 1.29 is 9.90 Å². The molecule has 0 aliphatic rings. The Labute approximate surface area is 114 Å². The molecule has 1 unspecified atom stereocenters. The first kappa shape index (κ1) is 13.4. The Morgan fingerprint density at radius 1 is 1.47 bits per heavy atom. The maximum atomic E-state index is 10.7. The van der Waals surface area contributed by atoms with Crippen LogP contribution >= 0.6 is 11.3 Å². The summed E-state index contributed by atoms with van der Waals surface area (Å²) < 4.78 is 0. The molecule has 100 valence electrons. The van der Waals surface area contributed by atoms with Gasteiger partial charge in [0.05, 0.1) is 22.3 Å². The summed E-state index contributed by atoms with van der Waals surface area (Å²) >= 11 is 1.63. The number of aryl methyl sites for hydroxylation is 1. The summed E-state index contributed by atoms with van der Waals surface area (Å²) in [5.41, 5.74) is 1.01. The van der Waals surface area contributed by atoms with Crippen LogP contribution in [0.3, 0.4) is 0 Å². The van der Waals surface area contributed by atoms with Crippen molar-refractivity contribution >= 4 is 23.3 Å². The first-order valence-corrected chi connectivity index (χ1v) is 6.74. The summed E-state index contributed by atoms with van der Waals surface area (Å²) in [4.78, 5) is 23.1. The minimum Gasteiger partial charge on any atom is -0.478 e. The Morgan fingerprint density at radius 3 is 2.68 bits per heavy atom. The fraction of sp³-hybridized carbons (Fsp3) is 0.333. The summed E-state index contributed by atoms with van der Waals surface area (Å²) in [5, 5.41) is 14.9. The smallest absolute Gasteiger partial charge is 0.338 e. The van der Waals surface area contributed by atoms with Gasteiger partial charge in [0.25, 0.3) is 0 Å². The lowest BCUT2D eigenvalue weighted by Gasteiger charge is -2.11. The van der Waals surface area contributed by atoms with Gasteiger partial charge in [-0.2, -0.15) is 0 Å². The van der Waals surface area contributed by atoms with Crippen LogP contribution in [0.4, 0.5) is 5.95 Å². The van der Waals surface area contributed by atoms with E-state index in [0.29, 0.717) is 5.95 Å². The summed E-state index contributed by atoms with van der Waals surface area (Å²) in [6.45, 7) is 4.03. The number of nitrogens with one attached hydrogen (secondary N) is 1. The molecule has 0 aromatic carbocycles. The maximum absolute atomic E-state index is 10.7. The van der Waals surface area contributed by atoms with Crippen LogP contribution in [0.15, 0.2) is 17.8 Å². The average Bonchev–Trinajstić information content (AvgIpc) is 2.88. The van der Waals surface area contributed by atoms with E-state index in [1.807, 2.05) is 12.3 Å². The number of thiazole rings is 1. The number of carboxylic acid groups (broad SMARTS) is 1. The van der Waals surface area contributed by atoms with Crippen molar-refractivity contribution in [2.45, 2.75) is 26.3 Å². The second-order valence-electron chi connectivity index (χ2n) is 3.99. The van der Waals surface area contributed by atoms with Gasteiger partial charge in [0.15, 0.2) is 0 Å². The van der Waals surface area contributed by atoms with Gasteiger partial charge in [0.1, 0.15) is 0 Å². The number of carbonyl (C=O) groups is 1. The minimum absolute atomic E-state index is 0.0211. The quantitative estimate of drug-likeness (QED) is 0.873. The molecular formula is C12H14N4O2S. The lowest BCUT2D eigenvalue weighted by Crippen LogP contribution is -2.10. The molecule has 0 fully saturated rings. The van der Waals surface area contributed by atoms with Crippen LogP contribution < -0.4 is 5.32 Å². The van der Waals surface area contributed by atoms with Crippen LogP contribution in [0.2, 0.25) is 0 Å². The Hall–Kier alpha value is -2.02. The molecule has 0 saturated heterocycles. The standard InChI is InChI=1S/C12H14N4O2S/c1-3-10-16-9(6-19-10)7(2)15-12-13-4-8(5-14-12)11(17)18/h4-7H,3H2,1-2H3,(H,17,18)(H,13,14,15). The zero-order valence-corrected chi connectivity index (χ0v) is 11.4. The summed E-state index contributed by atoms with van der Waals surface area (Å²) in [5.74, 6) is -0.643. The summed E-state index contributed by atoms with van der Waals surface area (Å²) in [6, 6.07) is -0.0211. The van der Waals surface area contributed by atoms with E-state index in [4.69, 9.17) is 5.11 Å². The largest absolute Gasteiger partial charge is 0.478 e. The Bertz CT molecular complexity index is 567. The molecule has 0 spiro atoms. The third-order valence-corrected chi connectivity index (χ3v) is 3.57. The number of aromatic carboxylic acids is 1. The van der Waals surface area contributed by atoms with Crippen LogP contribution in [0.5, 0.6) is 0 Å². The fourth-order valence-corrected chi connectivity index (χ4v) is 2.31. The van der Waals surface area contributed by atoms with Crippen LogP contribution in [0.1, 0.15) is 40.9 Å². The van der Waals surface area contributed by atoms with Crippen LogP contribution in [-0.2, 0) is 6.42 Å². The maximum Gasteiger partial charge on any atom is 0.338 e. The van der Waals surface area contributed by atoms with Gasteiger partial charge in [-0.1, -0.05) is 6.92 Å². The SMILES string of the molecule is CCc1nc(C(C)Nc2ncc(C(=O)O)cn2)cs1. The second-order valence-corrected chi connectivity index (χ2v) is 4.93. The van der Waals surface area contributed by atoms with Crippen molar-refractivity contribution in [1.29, 1.82) is 0 Å². The molecule has 2 N–H and O–H groups in total. The molecule has 2 aromatic heterocycles. The highest BCUT2D eigenvalue weighted by Crippen LogP contribution is 2.19. The highest BCUT2D eigenvalue weighted by molar-refractivity contribution is 7.09. The molecule has 0 bridgehead atoms. The normalized spacial score (nSPS) is 12.1. The number of carboxylic acids is 1. The molecule has 19 heavy (non-hydrogen) atoms. The van der Waals surface area contributed by atoms with Gasteiger partial charge < -0.3 is 10.4 Å². The molecular weight excluding hydrogens is 264 g/mol. The number of hydrogen-bond donors (Lipinski definition) is 2. The third-order valence-electron chi connectivity index (χ3n) is 2.56. The summed E-state index contributed by atoms with van der Waals surface area (Å²) in [7, 11) is 0. The molecule has 0 saturated carbocycles. The van der Waals surface area contributed by atoms with Crippen molar-refractivity contribution in [1.82, 2.24) is 15.0 Å². The predicted molar refractivity (Wildman–Crippen MR) is 72.5 cm³/mol. The van der Waals surface area contributed by atoms with Crippen LogP contribution in [-0.4, -0.2) is 26.0 Å². The Balaban J connectivity index is 2.05. The third kappa shape index (κ3) is 3.25. The first-order chi connectivity index (χ1) is 9.10. The second kappa shape index (κ2) is 5.75. The lowest BCUT2D eigenvalue weighted by atomic mass is 10.2. The Kier molecular flexibility index (Phi) is 4.06. The molecule has 0 aliphatic carbocycles. The van der Waals surface area contributed by atoms with Gasteiger partial charge in [-0.25, -0.2) is 19.7 Å². The van der Waals surface area contributed by atoms with Crippen molar-refractivity contribution in [2.24, 2.45) is 0 Å². The molecule has 1 atom stereocenters. The zero-order chi connectivity index (χ0) is 13.8. The number of aromatic nitrogens is 3. The van der Waals surface area contributed by atoms with Gasteiger partial charge in [-0.15, -0.1) is 11.3 Å². The number of rotatable bonds is 5. The number of hydrogen-bond acceptors (Lipinski definition) is 6. The molecule has 6 nitrogen and oxygen atoms in total. The predicted octanol–water partition coefficient (Wildman–Crippen LogP) is 2.37. The van der Waals surface area contributed by atoms with E-state index < -0.39 is 5.97 Å². The van der Waals surface area contributed by atoms with Gasteiger partial charge in [-0.3, -0.25) is 0 Å². The van der Waals surface area contributed by atoms with E-state index in [1.54, 1.807) is 11.3 Å². The van der Waals surface area contributed by atoms with E-state index in [1.165, 1.54) is 12.4 Å². The fourth-order valence-electron chi connectivity index (χ4n) is 1.47. The zero-order valence-electron chi connectivity index (χ0n) is 10.6. The molecule has 0 amide bonds. The number of anilines is 1. The van der Waals surface area contributed by atoms with Gasteiger partial charge in [-0.05, 0) is 13.3 Å². The van der Waals surface area contributed by atoms with Gasteiger partial charge in [0.2, 0.25) is 5.95 Å². The molecule has 0 aliphatic heterocycles. The first-order valence-electron chi connectivity index (χ1n) is 5.86. The van der Waals surface area contributed by atoms with Crippen molar-refractivity contribution in [3.8, 4) is 0 Å². The molecule has 2 aromatic rings. The van der Waals surface area contributed by atoms with E-state index in [2.05, 4.69) is 27.2 Å². The van der Waals surface area contributed by atoms with Crippen molar-refractivity contribution in [3.63, 3.8) is 0 Å². The average molecular weight is 278 g/mol. The molecule has 0 radical (unpaired) electrons. The van der Waals surface area contributed by atoms with Crippen LogP contribution in [0.25, 0.3) is 0 Å². The molecule has 2 rings (SSSR count). The van der Waals surface area contributed by atoms with E-state index in [0.717, 1.165) is 17.1 Å². The van der Waals surface area contributed by atoms with E-state index >= 15 is 0 Å². The lowest BCUT2D eigenvalue weighted by molar-refractivity contribution is 0.0696. The highest BCUT2D eigenvalue weighted by Gasteiger charge is 2.11.